The summed E-state index contributed by atoms with van der Waals surface area (Å²) in [4.78, 5) is 15.9. The van der Waals surface area contributed by atoms with Crippen LogP contribution in [0.25, 0.3) is 0 Å². The summed E-state index contributed by atoms with van der Waals surface area (Å²) in [5.74, 6) is -0.864. The minimum atomic E-state index is -0.443. The van der Waals surface area contributed by atoms with Gasteiger partial charge in [-0.3, -0.25) is 4.98 Å². The van der Waals surface area contributed by atoms with Gasteiger partial charge < -0.3 is 4.74 Å². The van der Waals surface area contributed by atoms with E-state index < -0.39 is 11.9 Å². The molecule has 0 aliphatic carbocycles. The van der Waals surface area contributed by atoms with Crippen molar-refractivity contribution in [2.45, 2.75) is 12.8 Å². The number of carbonyl (C=O) groups excluding carboxylic acids is 1. The fraction of sp³-hybridized carbons (Fsp3) is 0.188. The third kappa shape index (κ3) is 2.67. The van der Waals surface area contributed by atoms with Gasteiger partial charge in [0.1, 0.15) is 5.92 Å². The van der Waals surface area contributed by atoms with Gasteiger partial charge in [-0.2, -0.15) is 5.26 Å². The Morgan fingerprint density at radius 1 is 1.25 bits per heavy atom. The van der Waals surface area contributed by atoms with Crippen molar-refractivity contribution in [2.75, 3.05) is 7.11 Å². The fourth-order valence-electron chi connectivity index (χ4n) is 2.02. The Morgan fingerprint density at radius 2 is 1.95 bits per heavy atom. The Bertz CT molecular complexity index is 660. The number of methoxy groups -OCH3 is 1. The fourth-order valence-corrected chi connectivity index (χ4v) is 2.02. The average molecular weight is 266 g/mol. The SMILES string of the molecule is COC(=O)c1ccc(C(C#N)c2ccccc2)nc1C. The van der Waals surface area contributed by atoms with E-state index in [1.54, 1.807) is 19.1 Å². The number of pyridine rings is 1. The Hall–Kier alpha value is -2.67. The molecule has 0 aliphatic rings. The van der Waals surface area contributed by atoms with Gasteiger partial charge in [0.15, 0.2) is 0 Å². The summed E-state index contributed by atoms with van der Waals surface area (Å²) in [5, 5.41) is 9.37. The molecule has 4 heteroatoms. The van der Waals surface area contributed by atoms with Crippen LogP contribution in [0.3, 0.4) is 0 Å². The number of nitriles is 1. The molecule has 20 heavy (non-hydrogen) atoms. The lowest BCUT2D eigenvalue weighted by molar-refractivity contribution is 0.0599. The number of esters is 1. The second-order valence-electron chi connectivity index (χ2n) is 4.33. The quantitative estimate of drug-likeness (QED) is 0.801. The number of benzene rings is 1. The highest BCUT2D eigenvalue weighted by Gasteiger charge is 2.17. The molecule has 0 saturated heterocycles. The second-order valence-corrected chi connectivity index (χ2v) is 4.33. The van der Waals surface area contributed by atoms with Crippen molar-refractivity contribution < 1.29 is 9.53 Å². The van der Waals surface area contributed by atoms with Crippen LogP contribution in [-0.4, -0.2) is 18.1 Å². The van der Waals surface area contributed by atoms with Crippen LogP contribution in [-0.2, 0) is 4.74 Å². The molecule has 0 radical (unpaired) electrons. The van der Waals surface area contributed by atoms with E-state index in [2.05, 4.69) is 15.8 Å². The number of hydrogen-bond acceptors (Lipinski definition) is 4. The van der Waals surface area contributed by atoms with Crippen molar-refractivity contribution in [3.63, 3.8) is 0 Å². The highest BCUT2D eigenvalue weighted by atomic mass is 16.5. The van der Waals surface area contributed by atoms with Crippen molar-refractivity contribution in [1.29, 1.82) is 5.26 Å². The summed E-state index contributed by atoms with van der Waals surface area (Å²) < 4.78 is 4.68. The van der Waals surface area contributed by atoms with Gasteiger partial charge in [-0.25, -0.2) is 4.79 Å². The Kier molecular flexibility index (Phi) is 4.11. The number of nitrogens with zero attached hydrogens (tertiary/aromatic N) is 2. The number of aryl methyl sites for hydroxylation is 1. The first-order chi connectivity index (χ1) is 9.67. The lowest BCUT2D eigenvalue weighted by Crippen LogP contribution is -2.08. The monoisotopic (exact) mass is 266 g/mol. The van der Waals surface area contributed by atoms with Crippen LogP contribution < -0.4 is 0 Å². The molecule has 0 aliphatic heterocycles. The molecule has 2 rings (SSSR count). The van der Waals surface area contributed by atoms with Crippen molar-refractivity contribution in [1.82, 2.24) is 4.98 Å². The van der Waals surface area contributed by atoms with Crippen molar-refractivity contribution in [3.05, 3.63) is 65.0 Å². The van der Waals surface area contributed by atoms with Gasteiger partial charge in [0.25, 0.3) is 0 Å². The molecule has 0 N–H and O–H groups in total. The average Bonchev–Trinajstić information content (AvgIpc) is 2.48. The summed E-state index contributed by atoms with van der Waals surface area (Å²) in [7, 11) is 1.33. The zero-order valence-corrected chi connectivity index (χ0v) is 11.3. The van der Waals surface area contributed by atoms with Crippen LogP contribution in [0.4, 0.5) is 0 Å². The van der Waals surface area contributed by atoms with E-state index in [9.17, 15) is 10.1 Å². The summed E-state index contributed by atoms with van der Waals surface area (Å²) in [5.41, 5.74) is 2.49. The van der Waals surface area contributed by atoms with Crippen molar-refractivity contribution in [3.8, 4) is 6.07 Å². The predicted molar refractivity (Wildman–Crippen MR) is 74.2 cm³/mol. The summed E-state index contributed by atoms with van der Waals surface area (Å²) in [6.07, 6.45) is 0. The van der Waals surface area contributed by atoms with Gasteiger partial charge in [0, 0.05) is 0 Å². The Balaban J connectivity index is 2.41. The highest BCUT2D eigenvalue weighted by Crippen LogP contribution is 2.23. The highest BCUT2D eigenvalue weighted by molar-refractivity contribution is 5.90. The zero-order chi connectivity index (χ0) is 14.5. The molecular formula is C16H14N2O2. The topological polar surface area (TPSA) is 63.0 Å². The van der Waals surface area contributed by atoms with Crippen LogP contribution in [0, 0.1) is 18.3 Å². The Morgan fingerprint density at radius 3 is 2.50 bits per heavy atom. The number of aromatic nitrogens is 1. The number of ether oxygens (including phenoxy) is 1. The van der Waals surface area contributed by atoms with Crippen LogP contribution in [0.1, 0.15) is 33.2 Å². The molecule has 4 nitrogen and oxygen atoms in total. The van der Waals surface area contributed by atoms with Gasteiger partial charge in [-0.1, -0.05) is 30.3 Å². The van der Waals surface area contributed by atoms with Crippen molar-refractivity contribution in [2.24, 2.45) is 0 Å². The van der Waals surface area contributed by atoms with Gasteiger partial charge in [0.05, 0.1) is 30.1 Å². The second kappa shape index (κ2) is 5.98. The number of rotatable bonds is 3. The minimum Gasteiger partial charge on any atom is -0.465 e. The summed E-state index contributed by atoms with van der Waals surface area (Å²) in [6.45, 7) is 1.73. The Labute approximate surface area is 117 Å². The van der Waals surface area contributed by atoms with E-state index in [0.717, 1.165) is 5.56 Å². The number of carbonyl (C=O) groups is 1. The third-order valence-corrected chi connectivity index (χ3v) is 3.07. The van der Waals surface area contributed by atoms with Crippen molar-refractivity contribution >= 4 is 5.97 Å². The maximum atomic E-state index is 11.5. The van der Waals surface area contributed by atoms with E-state index >= 15 is 0 Å². The van der Waals surface area contributed by atoms with E-state index in [4.69, 9.17) is 0 Å². The molecule has 0 bridgehead atoms. The van der Waals surface area contributed by atoms with Gasteiger partial charge in [-0.15, -0.1) is 0 Å². The van der Waals surface area contributed by atoms with Crippen LogP contribution in [0.2, 0.25) is 0 Å². The molecule has 0 fully saturated rings. The first-order valence-electron chi connectivity index (χ1n) is 6.17. The lowest BCUT2D eigenvalue weighted by Gasteiger charge is -2.11. The predicted octanol–water partition coefficient (Wildman–Crippen LogP) is 2.83. The first-order valence-corrected chi connectivity index (χ1v) is 6.17. The molecule has 0 amide bonds. The maximum absolute atomic E-state index is 11.5. The van der Waals surface area contributed by atoms with Crippen LogP contribution in [0.5, 0.6) is 0 Å². The smallest absolute Gasteiger partial charge is 0.339 e. The van der Waals surface area contributed by atoms with E-state index in [1.807, 2.05) is 30.3 Å². The maximum Gasteiger partial charge on any atom is 0.339 e. The van der Waals surface area contributed by atoms with E-state index in [-0.39, 0.29) is 0 Å². The van der Waals surface area contributed by atoms with E-state index in [1.165, 1.54) is 7.11 Å². The molecule has 2 aromatic rings. The molecule has 1 aromatic heterocycles. The molecule has 1 aromatic carbocycles. The molecular weight excluding hydrogens is 252 g/mol. The molecule has 100 valence electrons. The summed E-state index contributed by atoms with van der Waals surface area (Å²) in [6, 6.07) is 15.0. The standard InChI is InChI=1S/C16H14N2O2/c1-11-13(16(19)20-2)8-9-15(18-11)14(10-17)12-6-4-3-5-7-12/h3-9,14H,1-2H3. The molecule has 1 unspecified atom stereocenters. The normalized spacial score (nSPS) is 11.4. The molecule has 0 saturated carbocycles. The molecule has 0 spiro atoms. The largest absolute Gasteiger partial charge is 0.465 e. The van der Waals surface area contributed by atoms with Gasteiger partial charge >= 0.3 is 5.97 Å². The van der Waals surface area contributed by atoms with Gasteiger partial charge in [0.2, 0.25) is 0 Å². The van der Waals surface area contributed by atoms with Crippen LogP contribution in [0.15, 0.2) is 42.5 Å². The first kappa shape index (κ1) is 13.8. The van der Waals surface area contributed by atoms with E-state index in [0.29, 0.717) is 17.0 Å². The number of hydrogen-bond donors (Lipinski definition) is 0. The molecule has 1 heterocycles. The van der Waals surface area contributed by atoms with Crippen LogP contribution >= 0.6 is 0 Å². The molecule has 1 atom stereocenters. The van der Waals surface area contributed by atoms with Gasteiger partial charge in [-0.05, 0) is 24.6 Å². The lowest BCUT2D eigenvalue weighted by atomic mass is 9.96. The third-order valence-electron chi connectivity index (χ3n) is 3.07. The minimum absolute atomic E-state index is 0.418. The zero-order valence-electron chi connectivity index (χ0n) is 11.3. The summed E-state index contributed by atoms with van der Waals surface area (Å²) >= 11 is 0.